The van der Waals surface area contributed by atoms with Crippen LogP contribution < -0.4 is 10.1 Å². The summed E-state index contributed by atoms with van der Waals surface area (Å²) in [5, 5.41) is 16.2. The van der Waals surface area contributed by atoms with Crippen LogP contribution >= 0.6 is 0 Å². The molecule has 1 unspecified atom stereocenters. The van der Waals surface area contributed by atoms with Crippen molar-refractivity contribution in [2.24, 2.45) is 0 Å². The second-order valence-corrected chi connectivity index (χ2v) is 5.08. The van der Waals surface area contributed by atoms with Gasteiger partial charge in [-0.2, -0.15) is 5.21 Å². The molecule has 2 rings (SSSR count). The summed E-state index contributed by atoms with van der Waals surface area (Å²) in [5.41, 5.74) is 3.21. The second kappa shape index (κ2) is 6.34. The third-order valence-electron chi connectivity index (χ3n) is 3.08. The molecule has 2 aromatic rings. The van der Waals surface area contributed by atoms with Crippen LogP contribution in [0.3, 0.4) is 0 Å². The van der Waals surface area contributed by atoms with Gasteiger partial charge in [-0.3, -0.25) is 4.79 Å². The molecule has 0 aliphatic rings. The van der Waals surface area contributed by atoms with Gasteiger partial charge in [-0.25, -0.2) is 0 Å². The Kier molecular flexibility index (Phi) is 4.52. The number of nitrogens with one attached hydrogen (secondary N) is 2. The minimum atomic E-state index is -0.319. The van der Waals surface area contributed by atoms with E-state index >= 15 is 0 Å². The fourth-order valence-electron chi connectivity index (χ4n) is 2.23. The van der Waals surface area contributed by atoms with E-state index in [0.717, 1.165) is 16.9 Å². The minimum Gasteiger partial charge on any atom is -0.483 e. The van der Waals surface area contributed by atoms with Crippen LogP contribution in [0.15, 0.2) is 12.1 Å². The Hall–Kier alpha value is -2.44. The van der Waals surface area contributed by atoms with Gasteiger partial charge >= 0.3 is 0 Å². The van der Waals surface area contributed by atoms with E-state index in [2.05, 4.69) is 25.9 Å². The van der Waals surface area contributed by atoms with Crippen LogP contribution in [-0.4, -0.2) is 33.1 Å². The Morgan fingerprint density at radius 1 is 1.33 bits per heavy atom. The summed E-state index contributed by atoms with van der Waals surface area (Å²) in [6.07, 6.45) is 0. The number of amides is 1. The minimum absolute atomic E-state index is 0.0487. The fraction of sp³-hybridized carbons (Fsp3) is 0.429. The van der Waals surface area contributed by atoms with E-state index in [1.165, 1.54) is 5.56 Å². The molecule has 7 nitrogen and oxygen atoms in total. The maximum Gasteiger partial charge on any atom is 0.258 e. The Morgan fingerprint density at radius 2 is 2.00 bits per heavy atom. The molecule has 0 saturated carbocycles. The maximum absolute atomic E-state index is 11.9. The summed E-state index contributed by atoms with van der Waals surface area (Å²) in [6, 6.07) is 3.74. The average Bonchev–Trinajstić information content (AvgIpc) is 2.91. The summed E-state index contributed by atoms with van der Waals surface area (Å²) < 4.78 is 5.63. The third kappa shape index (κ3) is 3.77. The molecular weight excluding hydrogens is 270 g/mol. The van der Waals surface area contributed by atoms with Gasteiger partial charge in [0.15, 0.2) is 12.4 Å². The lowest BCUT2D eigenvalue weighted by Gasteiger charge is -2.14. The molecule has 1 heterocycles. The topological polar surface area (TPSA) is 92.8 Å². The molecule has 0 aliphatic heterocycles. The first-order valence-electron chi connectivity index (χ1n) is 6.70. The van der Waals surface area contributed by atoms with E-state index in [1.807, 2.05) is 32.9 Å². The number of nitrogens with zero attached hydrogens (tertiary/aromatic N) is 3. The molecule has 1 atom stereocenters. The molecule has 0 spiro atoms. The van der Waals surface area contributed by atoms with Crippen molar-refractivity contribution in [3.8, 4) is 5.75 Å². The van der Waals surface area contributed by atoms with E-state index < -0.39 is 0 Å². The highest BCUT2D eigenvalue weighted by Crippen LogP contribution is 2.24. The van der Waals surface area contributed by atoms with Crippen molar-refractivity contribution in [3.63, 3.8) is 0 Å². The van der Waals surface area contributed by atoms with Gasteiger partial charge in [0.05, 0.1) is 6.04 Å². The summed E-state index contributed by atoms with van der Waals surface area (Å²) in [5.74, 6) is 0.959. The summed E-state index contributed by atoms with van der Waals surface area (Å²) in [6.45, 7) is 7.70. The van der Waals surface area contributed by atoms with Gasteiger partial charge in [0, 0.05) is 0 Å². The lowest BCUT2D eigenvalue weighted by molar-refractivity contribution is -0.123. The van der Waals surface area contributed by atoms with Gasteiger partial charge in [0.25, 0.3) is 5.91 Å². The quantitative estimate of drug-likeness (QED) is 0.867. The molecule has 7 heteroatoms. The molecular formula is C14H19N5O2. The van der Waals surface area contributed by atoms with E-state index in [4.69, 9.17) is 4.74 Å². The normalized spacial score (nSPS) is 12.0. The lowest BCUT2D eigenvalue weighted by atomic mass is 10.1. The number of hydrogen-bond donors (Lipinski definition) is 2. The fourth-order valence-corrected chi connectivity index (χ4v) is 2.23. The molecule has 0 aliphatic carbocycles. The zero-order valence-electron chi connectivity index (χ0n) is 12.6. The first kappa shape index (κ1) is 15.0. The first-order valence-corrected chi connectivity index (χ1v) is 6.70. The average molecular weight is 289 g/mol. The number of aromatic nitrogens is 4. The maximum atomic E-state index is 11.9. The predicted octanol–water partition coefficient (Wildman–Crippen LogP) is 1.38. The molecule has 0 saturated heterocycles. The number of hydrogen-bond acceptors (Lipinski definition) is 5. The number of aryl methyl sites for hydroxylation is 3. The molecule has 0 fully saturated rings. The van der Waals surface area contributed by atoms with Crippen molar-refractivity contribution in [3.05, 3.63) is 34.6 Å². The van der Waals surface area contributed by atoms with Crippen LogP contribution in [-0.2, 0) is 4.79 Å². The standard InChI is InChI=1S/C14H19N5O2/c1-8-5-9(2)13(10(3)6-8)21-7-12(20)15-11(4)14-16-18-19-17-14/h5-6,11H,7H2,1-4H3,(H,15,20)(H,16,17,18,19). The summed E-state index contributed by atoms with van der Waals surface area (Å²) in [4.78, 5) is 11.9. The highest BCUT2D eigenvalue weighted by molar-refractivity contribution is 5.78. The molecule has 1 aromatic heterocycles. The Balaban J connectivity index is 1.93. The van der Waals surface area contributed by atoms with Crippen LogP contribution in [0, 0.1) is 20.8 Å². The lowest BCUT2D eigenvalue weighted by Crippen LogP contribution is -2.32. The number of H-pyrrole nitrogens is 1. The van der Waals surface area contributed by atoms with Gasteiger partial charge < -0.3 is 10.1 Å². The largest absolute Gasteiger partial charge is 0.483 e. The zero-order valence-corrected chi connectivity index (χ0v) is 12.6. The molecule has 112 valence electrons. The number of carbonyl (C=O) groups excluding carboxylic acids is 1. The van der Waals surface area contributed by atoms with E-state index in [1.54, 1.807) is 6.92 Å². The van der Waals surface area contributed by atoms with E-state index in [-0.39, 0.29) is 18.6 Å². The van der Waals surface area contributed by atoms with Crippen LogP contribution in [0.5, 0.6) is 5.75 Å². The van der Waals surface area contributed by atoms with Crippen molar-refractivity contribution in [1.82, 2.24) is 25.9 Å². The first-order chi connectivity index (χ1) is 9.97. The highest BCUT2D eigenvalue weighted by Gasteiger charge is 2.14. The molecule has 2 N–H and O–H groups in total. The van der Waals surface area contributed by atoms with Crippen LogP contribution in [0.25, 0.3) is 0 Å². The summed E-state index contributed by atoms with van der Waals surface area (Å²) >= 11 is 0. The number of benzene rings is 1. The van der Waals surface area contributed by atoms with Gasteiger partial charge in [-0.05, 0) is 38.8 Å². The van der Waals surface area contributed by atoms with Crippen molar-refractivity contribution in [1.29, 1.82) is 0 Å². The van der Waals surface area contributed by atoms with Gasteiger partial charge in [-0.15, -0.1) is 10.2 Å². The third-order valence-corrected chi connectivity index (χ3v) is 3.08. The monoisotopic (exact) mass is 289 g/mol. The van der Waals surface area contributed by atoms with Crippen molar-refractivity contribution >= 4 is 5.91 Å². The molecule has 0 bridgehead atoms. The van der Waals surface area contributed by atoms with Crippen LogP contribution in [0.4, 0.5) is 0 Å². The number of ether oxygens (including phenoxy) is 1. The van der Waals surface area contributed by atoms with Crippen molar-refractivity contribution in [2.45, 2.75) is 33.7 Å². The Morgan fingerprint density at radius 3 is 2.57 bits per heavy atom. The number of rotatable bonds is 5. The second-order valence-electron chi connectivity index (χ2n) is 5.08. The van der Waals surface area contributed by atoms with Crippen molar-refractivity contribution in [2.75, 3.05) is 6.61 Å². The molecule has 0 radical (unpaired) electrons. The van der Waals surface area contributed by atoms with Gasteiger partial charge in [0.2, 0.25) is 0 Å². The molecule has 1 aromatic carbocycles. The SMILES string of the molecule is Cc1cc(C)c(OCC(=O)NC(C)c2nn[nH]n2)c(C)c1. The molecule has 21 heavy (non-hydrogen) atoms. The number of tetrazole rings is 1. The summed E-state index contributed by atoms with van der Waals surface area (Å²) in [7, 11) is 0. The van der Waals surface area contributed by atoms with Gasteiger partial charge in [0.1, 0.15) is 5.75 Å². The molecule has 1 amide bonds. The van der Waals surface area contributed by atoms with Gasteiger partial charge in [-0.1, -0.05) is 22.9 Å². The van der Waals surface area contributed by atoms with Crippen LogP contribution in [0.2, 0.25) is 0 Å². The number of aromatic amines is 1. The Labute approximate surface area is 123 Å². The van der Waals surface area contributed by atoms with Crippen LogP contribution in [0.1, 0.15) is 35.5 Å². The number of carbonyl (C=O) groups is 1. The predicted molar refractivity (Wildman–Crippen MR) is 76.9 cm³/mol. The van der Waals surface area contributed by atoms with E-state index in [9.17, 15) is 4.79 Å². The highest BCUT2D eigenvalue weighted by atomic mass is 16.5. The zero-order chi connectivity index (χ0) is 15.4. The van der Waals surface area contributed by atoms with Crippen molar-refractivity contribution < 1.29 is 9.53 Å². The smallest absolute Gasteiger partial charge is 0.258 e. The Bertz CT molecular complexity index is 601. The van der Waals surface area contributed by atoms with E-state index in [0.29, 0.717) is 5.82 Å².